The van der Waals surface area contributed by atoms with E-state index in [0.717, 1.165) is 44.2 Å². The molecule has 0 aliphatic heterocycles. The number of aromatic nitrogens is 5. The Morgan fingerprint density at radius 2 is 1.83 bits per heavy atom. The molecule has 2 fully saturated rings. The van der Waals surface area contributed by atoms with Crippen LogP contribution >= 0.6 is 0 Å². The second-order valence-corrected chi connectivity index (χ2v) is 9.05. The molecule has 0 spiro atoms. The fourth-order valence-corrected chi connectivity index (χ4v) is 4.34. The van der Waals surface area contributed by atoms with Crippen molar-refractivity contribution in [1.29, 1.82) is 0 Å². The summed E-state index contributed by atoms with van der Waals surface area (Å²) in [6, 6.07) is 3.94. The van der Waals surface area contributed by atoms with Crippen molar-refractivity contribution in [3.63, 3.8) is 0 Å². The number of hydrogen-bond donors (Lipinski definition) is 2. The van der Waals surface area contributed by atoms with Crippen LogP contribution in [0, 0.1) is 0 Å². The quantitative estimate of drug-likeness (QED) is 0.526. The monoisotopic (exact) mass is 476 g/mol. The summed E-state index contributed by atoms with van der Waals surface area (Å²) in [7, 11) is 3.49. The molecule has 11 heteroatoms. The van der Waals surface area contributed by atoms with Crippen LogP contribution in [0.5, 0.6) is 5.88 Å². The highest BCUT2D eigenvalue weighted by Gasteiger charge is 2.29. The zero-order chi connectivity index (χ0) is 24.4. The van der Waals surface area contributed by atoms with Crippen LogP contribution in [0.15, 0.2) is 37.1 Å². The van der Waals surface area contributed by atoms with Gasteiger partial charge >= 0.3 is 6.09 Å². The van der Waals surface area contributed by atoms with E-state index in [-0.39, 0.29) is 29.2 Å². The number of pyridine rings is 1. The Hall–Kier alpha value is -4.02. The van der Waals surface area contributed by atoms with Crippen molar-refractivity contribution in [3.8, 4) is 5.88 Å². The van der Waals surface area contributed by atoms with E-state index in [0.29, 0.717) is 17.3 Å². The highest BCUT2D eigenvalue weighted by Crippen LogP contribution is 2.41. The lowest BCUT2D eigenvalue weighted by Crippen LogP contribution is -2.36. The first-order chi connectivity index (χ1) is 17.0. The number of amides is 2. The molecule has 0 aromatic carbocycles. The van der Waals surface area contributed by atoms with Crippen LogP contribution in [0.1, 0.15) is 60.6 Å². The summed E-state index contributed by atoms with van der Waals surface area (Å²) in [5.74, 6) is 0.284. The van der Waals surface area contributed by atoms with Crippen molar-refractivity contribution in [2.24, 2.45) is 7.05 Å². The van der Waals surface area contributed by atoms with Crippen LogP contribution in [0.25, 0.3) is 0 Å². The molecule has 0 saturated heterocycles. The Labute approximate surface area is 202 Å². The van der Waals surface area contributed by atoms with E-state index in [1.165, 1.54) is 11.0 Å². The maximum Gasteiger partial charge on any atom is 0.418 e. The fraction of sp³-hybridized carbons (Fsp3) is 0.417. The fourth-order valence-electron chi connectivity index (χ4n) is 4.34. The molecule has 0 bridgehead atoms. The van der Waals surface area contributed by atoms with Gasteiger partial charge in [0.15, 0.2) is 5.69 Å². The van der Waals surface area contributed by atoms with E-state index in [4.69, 9.17) is 4.74 Å². The number of rotatable bonds is 7. The third-order valence-corrected chi connectivity index (χ3v) is 6.37. The number of anilines is 3. The van der Waals surface area contributed by atoms with Gasteiger partial charge in [0.1, 0.15) is 12.0 Å². The van der Waals surface area contributed by atoms with E-state index < -0.39 is 6.09 Å². The van der Waals surface area contributed by atoms with Crippen molar-refractivity contribution in [2.75, 3.05) is 17.7 Å². The Kier molecular flexibility index (Phi) is 6.30. The number of carbonyl (C=O) groups excluding carboxylic acids is 2. The lowest BCUT2D eigenvalue weighted by atomic mass is 10.2. The first kappa shape index (κ1) is 22.8. The summed E-state index contributed by atoms with van der Waals surface area (Å²) >= 11 is 0. The van der Waals surface area contributed by atoms with Crippen LogP contribution < -0.4 is 15.4 Å². The highest BCUT2D eigenvalue weighted by molar-refractivity contribution is 6.01. The zero-order valence-corrected chi connectivity index (χ0v) is 19.8. The average Bonchev–Trinajstić information content (AvgIpc) is 3.43. The molecule has 5 rings (SSSR count). The number of hydrogen-bond acceptors (Lipinski definition) is 8. The van der Waals surface area contributed by atoms with Gasteiger partial charge in [-0.15, -0.1) is 0 Å². The highest BCUT2D eigenvalue weighted by atomic mass is 16.6. The van der Waals surface area contributed by atoms with E-state index in [9.17, 15) is 9.59 Å². The lowest BCUT2D eigenvalue weighted by molar-refractivity contribution is 0.0729. The van der Waals surface area contributed by atoms with Crippen molar-refractivity contribution in [2.45, 2.75) is 50.5 Å². The molecule has 0 unspecified atom stereocenters. The number of nitrogens with zero attached hydrogens (tertiary/aromatic N) is 6. The van der Waals surface area contributed by atoms with Gasteiger partial charge in [-0.25, -0.2) is 19.7 Å². The minimum Gasteiger partial charge on any atom is -0.389 e. The second kappa shape index (κ2) is 9.69. The molecule has 35 heavy (non-hydrogen) atoms. The summed E-state index contributed by atoms with van der Waals surface area (Å²) in [6.07, 6.45) is 11.8. The molecule has 2 aliphatic rings. The molecule has 3 aromatic heterocycles. The van der Waals surface area contributed by atoms with E-state index in [2.05, 4.69) is 30.7 Å². The minimum absolute atomic E-state index is 0.135. The molecule has 3 aromatic rings. The molecular formula is C24H28N8O3. The summed E-state index contributed by atoms with van der Waals surface area (Å²) in [6.45, 7) is 0. The Morgan fingerprint density at radius 1 is 1.09 bits per heavy atom. The maximum absolute atomic E-state index is 13.1. The summed E-state index contributed by atoms with van der Waals surface area (Å²) in [5.41, 5.74) is 2.48. The molecule has 2 saturated carbocycles. The molecule has 182 valence electrons. The van der Waals surface area contributed by atoms with Crippen LogP contribution in [0.2, 0.25) is 0 Å². The lowest BCUT2D eigenvalue weighted by Gasteiger charge is -2.23. The molecular weight excluding hydrogens is 448 g/mol. The SMILES string of the molecule is CN(C(=O)c1nn(C)cc1NC(=O)Oc1nc(C2CC2)ccc1Nc1cncnc1)C1CCCC1. The molecule has 2 N–H and O–H groups in total. The predicted molar refractivity (Wildman–Crippen MR) is 129 cm³/mol. The first-order valence-corrected chi connectivity index (χ1v) is 11.8. The third-order valence-electron chi connectivity index (χ3n) is 6.37. The largest absolute Gasteiger partial charge is 0.418 e. The Morgan fingerprint density at radius 3 is 2.54 bits per heavy atom. The van der Waals surface area contributed by atoms with Gasteiger partial charge < -0.3 is 15.0 Å². The van der Waals surface area contributed by atoms with Crippen molar-refractivity contribution < 1.29 is 14.3 Å². The van der Waals surface area contributed by atoms with Gasteiger partial charge in [-0.1, -0.05) is 12.8 Å². The van der Waals surface area contributed by atoms with Crippen LogP contribution in [0.4, 0.5) is 21.9 Å². The number of ether oxygens (including phenoxy) is 1. The number of nitrogens with one attached hydrogen (secondary N) is 2. The van der Waals surface area contributed by atoms with Gasteiger partial charge in [-0.3, -0.25) is 14.8 Å². The van der Waals surface area contributed by atoms with E-state index in [1.807, 2.05) is 12.1 Å². The number of aryl methyl sites for hydroxylation is 1. The number of carbonyl (C=O) groups is 2. The van der Waals surface area contributed by atoms with Gasteiger partial charge in [0.2, 0.25) is 5.88 Å². The standard InChI is InChI=1S/C24H28N8O3/c1-31-13-20(21(30-31)23(33)32(2)17-5-3-4-6-17)29-24(34)35-22-19(27-16-11-25-14-26-12-16)10-9-18(28-22)15-7-8-15/h9-15,17,27H,3-8H2,1-2H3,(H,29,34). The van der Waals surface area contributed by atoms with Gasteiger partial charge in [0, 0.05) is 37.9 Å². The topological polar surface area (TPSA) is 127 Å². The van der Waals surface area contributed by atoms with Crippen molar-refractivity contribution in [1.82, 2.24) is 29.6 Å². The smallest absolute Gasteiger partial charge is 0.389 e. The molecule has 3 heterocycles. The molecule has 2 amide bonds. The molecule has 2 aliphatic carbocycles. The molecule has 11 nitrogen and oxygen atoms in total. The van der Waals surface area contributed by atoms with Crippen molar-refractivity contribution in [3.05, 3.63) is 48.4 Å². The first-order valence-electron chi connectivity index (χ1n) is 11.8. The molecule has 0 radical (unpaired) electrons. The molecule has 0 atom stereocenters. The van der Waals surface area contributed by atoms with Crippen molar-refractivity contribution >= 4 is 29.1 Å². The summed E-state index contributed by atoms with van der Waals surface area (Å²) in [5, 5.41) is 10.1. The van der Waals surface area contributed by atoms with Gasteiger partial charge in [-0.05, 0) is 37.8 Å². The predicted octanol–water partition coefficient (Wildman–Crippen LogP) is 3.85. The second-order valence-electron chi connectivity index (χ2n) is 9.05. The van der Waals surface area contributed by atoms with Crippen LogP contribution in [-0.2, 0) is 7.05 Å². The van der Waals surface area contributed by atoms with Crippen LogP contribution in [0.3, 0.4) is 0 Å². The third kappa shape index (κ3) is 5.23. The summed E-state index contributed by atoms with van der Waals surface area (Å²) in [4.78, 5) is 40.3. The maximum atomic E-state index is 13.1. The summed E-state index contributed by atoms with van der Waals surface area (Å²) < 4.78 is 7.12. The Bertz CT molecular complexity index is 1220. The van der Waals surface area contributed by atoms with Gasteiger partial charge in [-0.2, -0.15) is 5.10 Å². The Balaban J connectivity index is 1.34. The zero-order valence-electron chi connectivity index (χ0n) is 19.8. The van der Waals surface area contributed by atoms with Gasteiger partial charge in [0.05, 0.1) is 23.8 Å². The minimum atomic E-state index is -0.761. The van der Waals surface area contributed by atoms with E-state index in [1.54, 1.807) is 37.6 Å². The average molecular weight is 477 g/mol. The van der Waals surface area contributed by atoms with Crippen LogP contribution in [-0.4, -0.2) is 54.7 Å². The van der Waals surface area contributed by atoms with Gasteiger partial charge in [0.25, 0.3) is 5.91 Å². The van der Waals surface area contributed by atoms with E-state index >= 15 is 0 Å². The normalized spacial score (nSPS) is 15.6.